The number of aldehydes is 1. The number of nitrogens with zero attached hydrogens (tertiary/aromatic N) is 1. The molecule has 0 aliphatic carbocycles. The minimum atomic E-state index is -0.664. The van der Waals surface area contributed by atoms with Gasteiger partial charge in [0.15, 0.2) is 0 Å². The molecular weight excluding hydrogens is 258 g/mol. The van der Waals surface area contributed by atoms with E-state index >= 15 is 0 Å². The van der Waals surface area contributed by atoms with Gasteiger partial charge < -0.3 is 15.3 Å². The highest BCUT2D eigenvalue weighted by Crippen LogP contribution is 2.15. The number of hydrogen-bond donors (Lipinski definition) is 2. The Morgan fingerprint density at radius 3 is 2.35 bits per heavy atom. The number of anilines is 2. The molecule has 0 aromatic heterocycles. The van der Waals surface area contributed by atoms with Crippen LogP contribution >= 0.6 is 0 Å². The van der Waals surface area contributed by atoms with Crippen LogP contribution < -0.4 is 11.2 Å². The largest absolute Gasteiger partial charge is 0.442 e. The monoisotopic (exact) mass is 279 g/mol. The maximum absolute atomic E-state index is 12.1. The van der Waals surface area contributed by atoms with Gasteiger partial charge in [0.1, 0.15) is 17.9 Å². The van der Waals surface area contributed by atoms with Crippen molar-refractivity contribution >= 4 is 23.8 Å². The van der Waals surface area contributed by atoms with Crippen molar-refractivity contribution in [3.8, 4) is 0 Å². The summed E-state index contributed by atoms with van der Waals surface area (Å²) in [4.78, 5) is 23.0. The highest BCUT2D eigenvalue weighted by molar-refractivity contribution is 5.75. The molecule has 6 heteroatoms. The van der Waals surface area contributed by atoms with Crippen molar-refractivity contribution in [1.29, 1.82) is 0 Å². The Morgan fingerprint density at radius 2 is 1.90 bits per heavy atom. The molecule has 0 saturated carbocycles. The molecule has 0 heterocycles. The molecule has 110 valence electrons. The number of nitrogen functional groups attached to an aromatic ring is 1. The van der Waals surface area contributed by atoms with E-state index < -0.39 is 17.7 Å². The Balaban J connectivity index is 2.87. The van der Waals surface area contributed by atoms with E-state index in [1.54, 1.807) is 52.0 Å². The van der Waals surface area contributed by atoms with E-state index in [1.807, 2.05) is 0 Å². The third-order valence-corrected chi connectivity index (χ3v) is 2.35. The number of rotatable bonds is 4. The van der Waals surface area contributed by atoms with E-state index in [1.165, 1.54) is 0 Å². The average molecular weight is 279 g/mol. The number of nitrogens with one attached hydrogen (secondary N) is 1. The number of carbonyl (C=O) groups excluding carboxylic acids is 2. The summed E-state index contributed by atoms with van der Waals surface area (Å²) in [6.45, 7) is 6.88. The molecule has 0 aliphatic heterocycles. The summed E-state index contributed by atoms with van der Waals surface area (Å²) in [5, 5.41) is 1.14. The maximum atomic E-state index is 12.1. The van der Waals surface area contributed by atoms with Crippen molar-refractivity contribution in [2.24, 2.45) is 0 Å². The molecule has 1 aromatic rings. The van der Waals surface area contributed by atoms with Crippen molar-refractivity contribution in [1.82, 2.24) is 5.01 Å². The minimum absolute atomic E-state index is 0.614. The van der Waals surface area contributed by atoms with Crippen molar-refractivity contribution in [2.75, 3.05) is 11.2 Å². The second-order valence-electron chi connectivity index (χ2n) is 5.46. The zero-order valence-electron chi connectivity index (χ0n) is 12.2. The fourth-order valence-electron chi connectivity index (χ4n) is 1.38. The summed E-state index contributed by atoms with van der Waals surface area (Å²) in [7, 11) is 0. The Hall–Kier alpha value is -2.24. The molecule has 0 saturated heterocycles. The number of benzene rings is 1. The molecule has 6 nitrogen and oxygen atoms in total. The zero-order valence-corrected chi connectivity index (χ0v) is 12.2. The first kappa shape index (κ1) is 15.8. The molecule has 0 fully saturated rings. The van der Waals surface area contributed by atoms with Crippen molar-refractivity contribution in [3.05, 3.63) is 24.3 Å². The van der Waals surface area contributed by atoms with Gasteiger partial charge in [-0.05, 0) is 52.0 Å². The van der Waals surface area contributed by atoms with E-state index in [9.17, 15) is 9.59 Å². The van der Waals surface area contributed by atoms with E-state index in [0.29, 0.717) is 17.7 Å². The molecule has 20 heavy (non-hydrogen) atoms. The number of hydrogen-bond acceptors (Lipinski definition) is 5. The van der Waals surface area contributed by atoms with E-state index in [4.69, 9.17) is 10.5 Å². The normalized spacial score (nSPS) is 12.4. The summed E-state index contributed by atoms with van der Waals surface area (Å²) >= 11 is 0. The third kappa shape index (κ3) is 4.79. The van der Waals surface area contributed by atoms with Gasteiger partial charge >= 0.3 is 6.09 Å². The van der Waals surface area contributed by atoms with Gasteiger partial charge in [-0.3, -0.25) is 5.43 Å². The molecule has 1 aromatic carbocycles. The second-order valence-corrected chi connectivity index (χ2v) is 5.46. The van der Waals surface area contributed by atoms with Crippen molar-refractivity contribution in [2.45, 2.75) is 39.3 Å². The van der Waals surface area contributed by atoms with Crippen LogP contribution in [-0.4, -0.2) is 29.0 Å². The number of nitrogens with two attached hydrogens (primary N) is 1. The lowest BCUT2D eigenvalue weighted by molar-refractivity contribution is -0.111. The molecule has 0 aliphatic rings. The molecule has 0 unspecified atom stereocenters. The van der Waals surface area contributed by atoms with Gasteiger partial charge in [0, 0.05) is 5.69 Å². The summed E-state index contributed by atoms with van der Waals surface area (Å²) in [6, 6.07) is 6.15. The SMILES string of the molecule is C[C@@H](C=O)N(Nc1ccc(N)cc1)C(=O)OC(C)(C)C. The van der Waals surface area contributed by atoms with Gasteiger partial charge in [0.05, 0.1) is 5.69 Å². The first-order valence-corrected chi connectivity index (χ1v) is 6.32. The molecular formula is C14H21N3O3. The number of hydrazine groups is 1. The van der Waals surface area contributed by atoms with Crippen LogP contribution in [0.1, 0.15) is 27.7 Å². The van der Waals surface area contributed by atoms with Crippen LogP contribution in [0.25, 0.3) is 0 Å². The first-order valence-electron chi connectivity index (χ1n) is 6.32. The Labute approximate surface area is 118 Å². The summed E-state index contributed by atoms with van der Waals surface area (Å²) in [6.07, 6.45) is 0.0442. The van der Waals surface area contributed by atoms with Gasteiger partial charge in [-0.25, -0.2) is 9.80 Å². The topological polar surface area (TPSA) is 84.7 Å². The van der Waals surface area contributed by atoms with Crippen LogP contribution in [0.3, 0.4) is 0 Å². The lowest BCUT2D eigenvalue weighted by Crippen LogP contribution is -2.46. The van der Waals surface area contributed by atoms with Gasteiger partial charge in [-0.2, -0.15) is 0 Å². The van der Waals surface area contributed by atoms with E-state index in [2.05, 4.69) is 5.43 Å². The van der Waals surface area contributed by atoms with Crippen LogP contribution in [0, 0.1) is 0 Å². The van der Waals surface area contributed by atoms with Crippen molar-refractivity contribution < 1.29 is 14.3 Å². The highest BCUT2D eigenvalue weighted by atomic mass is 16.6. The quantitative estimate of drug-likeness (QED) is 0.502. The van der Waals surface area contributed by atoms with Crippen LogP contribution in [0.2, 0.25) is 0 Å². The predicted octanol–water partition coefficient (Wildman–Crippen LogP) is 2.42. The zero-order chi connectivity index (χ0) is 15.3. The fraction of sp³-hybridized carbons (Fsp3) is 0.429. The van der Waals surface area contributed by atoms with Gasteiger partial charge in [0.25, 0.3) is 0 Å². The highest BCUT2D eigenvalue weighted by Gasteiger charge is 2.26. The van der Waals surface area contributed by atoms with Crippen LogP contribution in [-0.2, 0) is 9.53 Å². The molecule has 0 radical (unpaired) electrons. The second kappa shape index (κ2) is 6.27. The van der Waals surface area contributed by atoms with Gasteiger partial charge in [-0.15, -0.1) is 0 Å². The average Bonchev–Trinajstić information content (AvgIpc) is 2.35. The number of amides is 1. The van der Waals surface area contributed by atoms with E-state index in [0.717, 1.165) is 5.01 Å². The Kier molecular flexibility index (Phi) is 4.96. The molecule has 1 rings (SSSR count). The Bertz CT molecular complexity index is 466. The lowest BCUT2D eigenvalue weighted by atomic mass is 10.2. The fourth-order valence-corrected chi connectivity index (χ4v) is 1.38. The minimum Gasteiger partial charge on any atom is -0.442 e. The Morgan fingerprint density at radius 1 is 1.35 bits per heavy atom. The standard InChI is InChI=1S/C14H21N3O3/c1-10(9-18)17(13(19)20-14(2,3)4)16-12-7-5-11(15)6-8-12/h5-10,16H,15H2,1-4H3/t10-/m0/s1. The molecule has 0 spiro atoms. The number of ether oxygens (including phenoxy) is 1. The van der Waals surface area contributed by atoms with E-state index in [-0.39, 0.29) is 0 Å². The molecule has 0 bridgehead atoms. The summed E-state index contributed by atoms with van der Waals surface area (Å²) in [5.41, 5.74) is 9.06. The molecule has 3 N–H and O–H groups in total. The lowest BCUT2D eigenvalue weighted by Gasteiger charge is -2.30. The predicted molar refractivity (Wildman–Crippen MR) is 78.1 cm³/mol. The summed E-state index contributed by atoms with van der Waals surface area (Å²) in [5.74, 6) is 0. The number of carbonyl (C=O) groups is 2. The van der Waals surface area contributed by atoms with Gasteiger partial charge in [0.2, 0.25) is 0 Å². The smallest absolute Gasteiger partial charge is 0.429 e. The van der Waals surface area contributed by atoms with Crippen molar-refractivity contribution in [3.63, 3.8) is 0 Å². The molecule has 1 amide bonds. The van der Waals surface area contributed by atoms with Crippen LogP contribution in [0.4, 0.5) is 16.2 Å². The van der Waals surface area contributed by atoms with Crippen LogP contribution in [0.5, 0.6) is 0 Å². The van der Waals surface area contributed by atoms with Gasteiger partial charge in [-0.1, -0.05) is 0 Å². The third-order valence-electron chi connectivity index (χ3n) is 2.35. The first-order chi connectivity index (χ1) is 9.23. The maximum Gasteiger partial charge on any atom is 0.429 e. The van der Waals surface area contributed by atoms with Crippen LogP contribution in [0.15, 0.2) is 24.3 Å². The molecule has 1 atom stereocenters. The summed E-state index contributed by atoms with van der Waals surface area (Å²) < 4.78 is 5.26.